The van der Waals surface area contributed by atoms with Crippen molar-refractivity contribution in [3.63, 3.8) is 0 Å². The lowest BCUT2D eigenvalue weighted by atomic mass is 10.1. The Balaban J connectivity index is 2.29. The predicted octanol–water partition coefficient (Wildman–Crippen LogP) is 2.62. The number of pyridine rings is 1. The molecule has 1 saturated carbocycles. The van der Waals surface area contributed by atoms with Crippen LogP contribution < -0.4 is 5.32 Å². The minimum atomic E-state index is -0.563. The van der Waals surface area contributed by atoms with Gasteiger partial charge in [-0.3, -0.25) is 10.1 Å². The molecular formula is C14H18N4O3. The van der Waals surface area contributed by atoms with E-state index in [1.807, 2.05) is 6.07 Å². The molecule has 1 N–H and O–H groups in total. The van der Waals surface area contributed by atoms with E-state index >= 15 is 0 Å². The fourth-order valence-corrected chi connectivity index (χ4v) is 2.73. The topological polar surface area (TPSA) is 101 Å². The molecular weight excluding hydrogens is 272 g/mol. The van der Waals surface area contributed by atoms with Crippen molar-refractivity contribution in [1.82, 2.24) is 4.98 Å². The number of methoxy groups -OCH3 is 1. The molecule has 1 aliphatic carbocycles. The lowest BCUT2D eigenvalue weighted by molar-refractivity contribution is -0.384. The van der Waals surface area contributed by atoms with Crippen LogP contribution in [0.5, 0.6) is 0 Å². The second-order valence-corrected chi connectivity index (χ2v) is 5.09. The molecule has 7 nitrogen and oxygen atoms in total. The van der Waals surface area contributed by atoms with Gasteiger partial charge in [-0.25, -0.2) is 4.98 Å². The maximum atomic E-state index is 11.2. The summed E-state index contributed by atoms with van der Waals surface area (Å²) in [5.74, 6) is 0.146. The second-order valence-electron chi connectivity index (χ2n) is 5.09. The van der Waals surface area contributed by atoms with Crippen LogP contribution in [0.4, 0.5) is 11.5 Å². The largest absolute Gasteiger partial charge is 0.379 e. The first-order valence-corrected chi connectivity index (χ1v) is 7.00. The second kappa shape index (κ2) is 6.99. The Kier molecular flexibility index (Phi) is 5.06. The molecule has 0 aromatic carbocycles. The van der Waals surface area contributed by atoms with Crippen molar-refractivity contribution in [1.29, 1.82) is 5.26 Å². The molecule has 21 heavy (non-hydrogen) atoms. The molecule has 7 heteroatoms. The van der Waals surface area contributed by atoms with Gasteiger partial charge in [0.05, 0.1) is 17.1 Å². The molecule has 0 spiro atoms. The first-order chi connectivity index (χ1) is 10.2. The molecule has 2 atom stereocenters. The summed E-state index contributed by atoms with van der Waals surface area (Å²) in [5, 5.41) is 23.3. The molecule has 0 unspecified atom stereocenters. The molecule has 1 aromatic rings. The van der Waals surface area contributed by atoms with Gasteiger partial charge < -0.3 is 10.1 Å². The van der Waals surface area contributed by atoms with E-state index < -0.39 is 4.92 Å². The van der Waals surface area contributed by atoms with Gasteiger partial charge >= 0.3 is 5.69 Å². The Morgan fingerprint density at radius 3 is 2.90 bits per heavy atom. The summed E-state index contributed by atoms with van der Waals surface area (Å²) in [7, 11) is 1.65. The number of nitrogens with one attached hydrogen (secondary N) is 1. The van der Waals surface area contributed by atoms with Crippen LogP contribution in [-0.4, -0.2) is 29.2 Å². The number of nitro groups is 1. The molecule has 2 rings (SSSR count). The lowest BCUT2D eigenvalue weighted by Gasteiger charge is -2.25. The standard InChI is InChI=1S/C14H18N4O3/c1-21-12-6-4-2-3-5-11(12)17-14-13(18(19)20)10(9-15)7-8-16-14/h7-8,11-12H,2-6H2,1H3,(H,16,17)/t11-,12-/m0/s1. The van der Waals surface area contributed by atoms with Gasteiger partial charge in [0.15, 0.2) is 0 Å². The quantitative estimate of drug-likeness (QED) is 0.519. The Morgan fingerprint density at radius 1 is 1.48 bits per heavy atom. The monoisotopic (exact) mass is 290 g/mol. The third kappa shape index (κ3) is 3.47. The Labute approximate surface area is 123 Å². The molecule has 0 amide bonds. The highest BCUT2D eigenvalue weighted by molar-refractivity contribution is 5.64. The average Bonchev–Trinajstić information content (AvgIpc) is 2.71. The number of nitrogens with zero attached hydrogens (tertiary/aromatic N) is 3. The van der Waals surface area contributed by atoms with Crippen LogP contribution in [0.3, 0.4) is 0 Å². The van der Waals surface area contributed by atoms with E-state index in [0.29, 0.717) is 0 Å². The van der Waals surface area contributed by atoms with Crippen molar-refractivity contribution in [2.45, 2.75) is 44.2 Å². The molecule has 1 fully saturated rings. The zero-order valence-electron chi connectivity index (χ0n) is 11.9. The van der Waals surface area contributed by atoms with Crippen molar-refractivity contribution in [2.24, 2.45) is 0 Å². The maximum Gasteiger partial charge on any atom is 0.328 e. The molecule has 0 radical (unpaired) electrons. The number of hydrogen-bond donors (Lipinski definition) is 1. The van der Waals surface area contributed by atoms with Gasteiger partial charge in [-0.15, -0.1) is 0 Å². The number of ether oxygens (including phenoxy) is 1. The van der Waals surface area contributed by atoms with Crippen LogP contribution in [0, 0.1) is 21.4 Å². The summed E-state index contributed by atoms with van der Waals surface area (Å²) in [6.07, 6.45) is 6.46. The van der Waals surface area contributed by atoms with Gasteiger partial charge in [0.1, 0.15) is 11.6 Å². The normalized spacial score (nSPS) is 22.1. The smallest absolute Gasteiger partial charge is 0.328 e. The van der Waals surface area contributed by atoms with E-state index in [9.17, 15) is 10.1 Å². The van der Waals surface area contributed by atoms with Gasteiger partial charge in [0.2, 0.25) is 5.82 Å². The third-order valence-corrected chi connectivity index (χ3v) is 3.80. The van der Waals surface area contributed by atoms with Crippen LogP contribution in [0.2, 0.25) is 0 Å². The summed E-state index contributed by atoms with van der Waals surface area (Å²) in [6, 6.07) is 3.16. The number of rotatable bonds is 4. The number of aromatic nitrogens is 1. The van der Waals surface area contributed by atoms with Crippen LogP contribution >= 0.6 is 0 Å². The van der Waals surface area contributed by atoms with Gasteiger partial charge in [0.25, 0.3) is 0 Å². The van der Waals surface area contributed by atoms with Gasteiger partial charge in [0, 0.05) is 13.3 Å². The predicted molar refractivity (Wildman–Crippen MR) is 76.9 cm³/mol. The number of nitriles is 1. The Morgan fingerprint density at radius 2 is 2.24 bits per heavy atom. The van der Waals surface area contributed by atoms with E-state index in [0.717, 1.165) is 32.1 Å². The first kappa shape index (κ1) is 15.2. The molecule has 112 valence electrons. The highest BCUT2D eigenvalue weighted by Crippen LogP contribution is 2.29. The van der Waals surface area contributed by atoms with Crippen molar-refractivity contribution in [3.8, 4) is 6.07 Å². The number of hydrogen-bond acceptors (Lipinski definition) is 6. The fraction of sp³-hybridized carbons (Fsp3) is 0.571. The molecule has 0 bridgehead atoms. The van der Waals surface area contributed by atoms with Crippen LogP contribution in [-0.2, 0) is 4.74 Å². The van der Waals surface area contributed by atoms with Gasteiger partial charge in [-0.05, 0) is 18.9 Å². The van der Waals surface area contributed by atoms with E-state index in [1.165, 1.54) is 12.3 Å². The first-order valence-electron chi connectivity index (χ1n) is 7.00. The summed E-state index contributed by atoms with van der Waals surface area (Å²) in [6.45, 7) is 0. The zero-order valence-corrected chi connectivity index (χ0v) is 11.9. The Hall–Kier alpha value is -2.20. The molecule has 1 aromatic heterocycles. The SMILES string of the molecule is CO[C@H]1CCCCC[C@@H]1Nc1nccc(C#N)c1[N+](=O)[O-]. The van der Waals surface area contributed by atoms with Crippen molar-refractivity contribution in [3.05, 3.63) is 27.9 Å². The highest BCUT2D eigenvalue weighted by Gasteiger charge is 2.28. The fourth-order valence-electron chi connectivity index (χ4n) is 2.73. The molecule has 0 aliphatic heterocycles. The minimum Gasteiger partial charge on any atom is -0.379 e. The van der Waals surface area contributed by atoms with E-state index in [2.05, 4.69) is 10.3 Å². The molecule has 1 aliphatic rings. The van der Waals surface area contributed by atoms with Gasteiger partial charge in [-0.2, -0.15) is 5.26 Å². The van der Waals surface area contributed by atoms with E-state index in [-0.39, 0.29) is 29.2 Å². The number of anilines is 1. The Bertz CT molecular complexity index is 556. The third-order valence-electron chi connectivity index (χ3n) is 3.80. The van der Waals surface area contributed by atoms with E-state index in [4.69, 9.17) is 10.00 Å². The van der Waals surface area contributed by atoms with Crippen molar-refractivity contribution < 1.29 is 9.66 Å². The molecule has 0 saturated heterocycles. The highest BCUT2D eigenvalue weighted by atomic mass is 16.6. The van der Waals surface area contributed by atoms with Crippen molar-refractivity contribution in [2.75, 3.05) is 12.4 Å². The summed E-state index contributed by atoms with van der Waals surface area (Å²) < 4.78 is 5.49. The lowest BCUT2D eigenvalue weighted by Crippen LogP contribution is -2.34. The minimum absolute atomic E-state index is 0.000328. The maximum absolute atomic E-state index is 11.2. The molecule has 1 heterocycles. The van der Waals surface area contributed by atoms with Crippen LogP contribution in [0.1, 0.15) is 37.7 Å². The van der Waals surface area contributed by atoms with Crippen LogP contribution in [0.25, 0.3) is 0 Å². The zero-order chi connectivity index (χ0) is 15.2. The van der Waals surface area contributed by atoms with Crippen LogP contribution in [0.15, 0.2) is 12.3 Å². The summed E-state index contributed by atoms with van der Waals surface area (Å²) in [5.41, 5.74) is -0.251. The summed E-state index contributed by atoms with van der Waals surface area (Å²) in [4.78, 5) is 14.7. The van der Waals surface area contributed by atoms with Gasteiger partial charge in [-0.1, -0.05) is 19.3 Å². The summed E-state index contributed by atoms with van der Waals surface area (Å²) >= 11 is 0. The van der Waals surface area contributed by atoms with Crippen molar-refractivity contribution >= 4 is 11.5 Å². The van der Waals surface area contributed by atoms with E-state index in [1.54, 1.807) is 7.11 Å². The average molecular weight is 290 g/mol.